The Balaban J connectivity index is 1.82. The van der Waals surface area contributed by atoms with E-state index in [0.717, 1.165) is 27.8 Å². The number of ether oxygens (including phenoxy) is 1. The third-order valence-corrected chi connectivity index (χ3v) is 4.82. The second-order valence-corrected chi connectivity index (χ2v) is 7.67. The maximum Gasteiger partial charge on any atom is 0.244 e. The van der Waals surface area contributed by atoms with Gasteiger partial charge in [-0.25, -0.2) is 5.43 Å². The first-order chi connectivity index (χ1) is 13.7. The van der Waals surface area contributed by atoms with E-state index in [-0.39, 0.29) is 5.91 Å². The number of carbonyl (C=O) groups excluding carboxylic acids is 1. The molecule has 0 spiro atoms. The summed E-state index contributed by atoms with van der Waals surface area (Å²) < 4.78 is 6.87. The molecule has 0 heterocycles. The molecule has 0 atom stereocenters. The van der Waals surface area contributed by atoms with Gasteiger partial charge in [-0.2, -0.15) is 5.10 Å². The van der Waals surface area contributed by atoms with Crippen molar-refractivity contribution in [3.05, 3.63) is 64.1 Å². The zero-order valence-electron chi connectivity index (χ0n) is 16.5. The molecule has 0 bridgehead atoms. The minimum Gasteiger partial charge on any atom is -0.493 e. The van der Waals surface area contributed by atoms with Crippen LogP contribution in [0, 0.1) is 0 Å². The van der Waals surface area contributed by atoms with Crippen LogP contribution in [0.3, 0.4) is 0 Å². The van der Waals surface area contributed by atoms with E-state index in [1.165, 1.54) is 32.1 Å². The molecule has 2 rings (SSSR count). The maximum atomic E-state index is 12.0. The van der Waals surface area contributed by atoms with Gasteiger partial charge in [0.2, 0.25) is 5.91 Å². The molecule has 0 aromatic heterocycles. The molecule has 1 amide bonds. The predicted molar refractivity (Wildman–Crippen MR) is 119 cm³/mol. The number of benzene rings is 2. The van der Waals surface area contributed by atoms with Gasteiger partial charge in [0.25, 0.3) is 0 Å². The first-order valence-corrected chi connectivity index (χ1v) is 10.8. The number of nitrogens with zero attached hydrogens (tertiary/aromatic N) is 1. The number of carbonyl (C=O) groups is 1. The van der Waals surface area contributed by atoms with E-state index < -0.39 is 0 Å². The Morgan fingerprint density at radius 1 is 1.07 bits per heavy atom. The van der Waals surface area contributed by atoms with E-state index in [9.17, 15) is 4.79 Å². The van der Waals surface area contributed by atoms with Gasteiger partial charge in [-0.3, -0.25) is 4.79 Å². The molecule has 0 saturated heterocycles. The third kappa shape index (κ3) is 8.70. The summed E-state index contributed by atoms with van der Waals surface area (Å²) in [4.78, 5) is 12.0. The first kappa shape index (κ1) is 22.2. The van der Waals surface area contributed by atoms with Crippen LogP contribution in [0.2, 0.25) is 0 Å². The molecule has 150 valence electrons. The van der Waals surface area contributed by atoms with Gasteiger partial charge in [-0.1, -0.05) is 85.3 Å². The first-order valence-electron chi connectivity index (χ1n) is 9.97. The molecule has 0 saturated carbocycles. The van der Waals surface area contributed by atoms with E-state index in [2.05, 4.69) is 33.4 Å². The monoisotopic (exact) mass is 444 g/mol. The van der Waals surface area contributed by atoms with Gasteiger partial charge < -0.3 is 4.74 Å². The number of amides is 1. The summed E-state index contributed by atoms with van der Waals surface area (Å²) in [5.74, 6) is 0.629. The molecule has 5 heteroatoms. The summed E-state index contributed by atoms with van der Waals surface area (Å²) >= 11 is 3.47. The average molecular weight is 445 g/mol. The van der Waals surface area contributed by atoms with Gasteiger partial charge in [0.15, 0.2) is 0 Å². The van der Waals surface area contributed by atoms with E-state index in [1.54, 1.807) is 6.21 Å². The Kier molecular flexibility index (Phi) is 10.4. The largest absolute Gasteiger partial charge is 0.493 e. The van der Waals surface area contributed by atoms with E-state index >= 15 is 0 Å². The molecule has 2 aromatic carbocycles. The molecule has 0 fully saturated rings. The zero-order chi connectivity index (χ0) is 20.0. The summed E-state index contributed by atoms with van der Waals surface area (Å²) in [7, 11) is 0. The molecule has 4 nitrogen and oxygen atoms in total. The fourth-order valence-electron chi connectivity index (χ4n) is 2.81. The zero-order valence-corrected chi connectivity index (χ0v) is 18.1. The van der Waals surface area contributed by atoms with Crippen molar-refractivity contribution in [1.29, 1.82) is 0 Å². The normalized spacial score (nSPS) is 10.9. The number of nitrogens with one attached hydrogen (secondary N) is 1. The lowest BCUT2D eigenvalue weighted by molar-refractivity contribution is -0.120. The van der Waals surface area contributed by atoms with Crippen molar-refractivity contribution in [2.75, 3.05) is 6.61 Å². The van der Waals surface area contributed by atoms with Gasteiger partial charge in [-0.05, 0) is 30.2 Å². The molecule has 0 unspecified atom stereocenters. The van der Waals surface area contributed by atoms with Crippen LogP contribution in [-0.4, -0.2) is 18.7 Å². The van der Waals surface area contributed by atoms with E-state index in [1.807, 2.05) is 48.5 Å². The highest BCUT2D eigenvalue weighted by Crippen LogP contribution is 2.22. The second kappa shape index (κ2) is 13.1. The lowest BCUT2D eigenvalue weighted by Gasteiger charge is -2.09. The van der Waals surface area contributed by atoms with Crippen LogP contribution in [0.4, 0.5) is 0 Å². The van der Waals surface area contributed by atoms with Crippen LogP contribution in [-0.2, 0) is 11.2 Å². The number of hydrogen-bond donors (Lipinski definition) is 1. The van der Waals surface area contributed by atoms with Crippen molar-refractivity contribution < 1.29 is 9.53 Å². The number of unbranched alkanes of at least 4 members (excludes halogenated alkanes) is 5. The summed E-state index contributed by atoms with van der Waals surface area (Å²) in [5.41, 5.74) is 4.37. The van der Waals surface area contributed by atoms with Crippen molar-refractivity contribution in [3.63, 3.8) is 0 Å². The molecule has 0 aliphatic carbocycles. The van der Waals surface area contributed by atoms with Gasteiger partial charge in [-0.15, -0.1) is 0 Å². The topological polar surface area (TPSA) is 50.7 Å². The van der Waals surface area contributed by atoms with Crippen molar-refractivity contribution in [2.45, 2.75) is 51.9 Å². The van der Waals surface area contributed by atoms with Gasteiger partial charge >= 0.3 is 0 Å². The highest BCUT2D eigenvalue weighted by Gasteiger charge is 2.04. The van der Waals surface area contributed by atoms with Crippen LogP contribution >= 0.6 is 15.9 Å². The summed E-state index contributed by atoms with van der Waals surface area (Å²) in [5, 5.41) is 4.09. The smallest absolute Gasteiger partial charge is 0.244 e. The predicted octanol–water partition coefficient (Wildman–Crippen LogP) is 5.88. The SMILES string of the molecule is CCCCCCCCOc1ccc(Br)cc1/C=N/NC(=O)Cc1ccccc1. The summed E-state index contributed by atoms with van der Waals surface area (Å²) in [6.07, 6.45) is 9.31. The van der Waals surface area contributed by atoms with Crippen molar-refractivity contribution in [3.8, 4) is 5.75 Å². The lowest BCUT2D eigenvalue weighted by Crippen LogP contribution is -2.19. The Morgan fingerprint density at radius 3 is 2.61 bits per heavy atom. The van der Waals surface area contributed by atoms with Crippen LogP contribution < -0.4 is 10.2 Å². The van der Waals surface area contributed by atoms with Gasteiger partial charge in [0.1, 0.15) is 5.75 Å². The van der Waals surface area contributed by atoms with Crippen LogP contribution in [0.15, 0.2) is 58.1 Å². The van der Waals surface area contributed by atoms with Gasteiger partial charge in [0.05, 0.1) is 19.2 Å². The number of hydrazone groups is 1. The molecule has 28 heavy (non-hydrogen) atoms. The van der Waals surface area contributed by atoms with E-state index in [4.69, 9.17) is 4.74 Å². The molecular weight excluding hydrogens is 416 g/mol. The van der Waals surface area contributed by atoms with Gasteiger partial charge in [0, 0.05) is 10.0 Å². The lowest BCUT2D eigenvalue weighted by atomic mass is 10.1. The summed E-state index contributed by atoms with van der Waals surface area (Å²) in [6.45, 7) is 2.92. The molecule has 0 aliphatic rings. The minimum atomic E-state index is -0.146. The second-order valence-electron chi connectivity index (χ2n) is 6.75. The Bertz CT molecular complexity index is 748. The fraction of sp³-hybridized carbons (Fsp3) is 0.391. The van der Waals surface area contributed by atoms with Crippen LogP contribution in [0.5, 0.6) is 5.75 Å². The van der Waals surface area contributed by atoms with Crippen molar-refractivity contribution in [2.24, 2.45) is 5.10 Å². The molecule has 0 aliphatic heterocycles. The number of rotatable bonds is 12. The Morgan fingerprint density at radius 2 is 1.82 bits per heavy atom. The van der Waals surface area contributed by atoms with Crippen molar-refractivity contribution >= 4 is 28.1 Å². The van der Waals surface area contributed by atoms with Crippen LogP contribution in [0.25, 0.3) is 0 Å². The Labute approximate surface area is 176 Å². The van der Waals surface area contributed by atoms with Crippen molar-refractivity contribution in [1.82, 2.24) is 5.43 Å². The quantitative estimate of drug-likeness (QED) is 0.252. The highest BCUT2D eigenvalue weighted by molar-refractivity contribution is 9.10. The molecular formula is C23H29BrN2O2. The summed E-state index contributed by atoms with van der Waals surface area (Å²) in [6, 6.07) is 15.4. The molecule has 2 aromatic rings. The molecule has 1 N–H and O–H groups in total. The Hall–Kier alpha value is -2.14. The highest BCUT2D eigenvalue weighted by atomic mass is 79.9. The third-order valence-electron chi connectivity index (χ3n) is 4.33. The molecule has 0 radical (unpaired) electrons. The van der Waals surface area contributed by atoms with E-state index in [0.29, 0.717) is 13.0 Å². The standard InChI is InChI=1S/C23H29BrN2O2/c1-2-3-4-5-6-10-15-28-22-14-13-21(24)17-20(22)18-25-26-23(27)16-19-11-8-7-9-12-19/h7-9,11-14,17-18H,2-6,10,15-16H2,1H3,(H,26,27)/b25-18+. The fourth-order valence-corrected chi connectivity index (χ4v) is 3.19. The maximum absolute atomic E-state index is 12.0. The van der Waals surface area contributed by atoms with Crippen LogP contribution in [0.1, 0.15) is 56.6 Å². The number of hydrogen-bond acceptors (Lipinski definition) is 3. The minimum absolute atomic E-state index is 0.146. The number of halogens is 1. The average Bonchev–Trinajstić information content (AvgIpc) is 2.69.